The molecule has 0 saturated carbocycles. The Labute approximate surface area is 192 Å². The van der Waals surface area contributed by atoms with Gasteiger partial charge in [-0.3, -0.25) is 4.79 Å². The Bertz CT molecular complexity index is 1230. The Balaban J connectivity index is 1.49. The topological polar surface area (TPSA) is 99.8 Å². The van der Waals surface area contributed by atoms with Crippen molar-refractivity contribution < 1.29 is 27.8 Å². The van der Waals surface area contributed by atoms with Gasteiger partial charge < -0.3 is 24.8 Å². The van der Waals surface area contributed by atoms with Gasteiger partial charge in [0.25, 0.3) is 5.91 Å². The highest BCUT2D eigenvalue weighted by atomic mass is 35.5. The standard InChI is InChI=1S/C22H19ClF2N4O4/c23-16-6-17-12(14-8-32-9-15(14)20(26)28-17)5-13(16)21(30)29-3-4-31-10-18(29)11-1-2-19(27-7-11)33-22(24)25/h1-2,5-7,18,22H,3-4,8-10H2,(H2,26,28). The molecule has 3 aromatic rings. The highest BCUT2D eigenvalue weighted by Gasteiger charge is 2.31. The normalized spacial score (nSPS) is 18.1. The van der Waals surface area contributed by atoms with Crippen molar-refractivity contribution in [3.05, 3.63) is 57.7 Å². The molecule has 1 atom stereocenters. The van der Waals surface area contributed by atoms with Gasteiger partial charge in [0.1, 0.15) is 5.82 Å². The predicted molar refractivity (Wildman–Crippen MR) is 115 cm³/mol. The second kappa shape index (κ2) is 8.69. The zero-order valence-electron chi connectivity index (χ0n) is 17.3. The first-order chi connectivity index (χ1) is 15.9. The minimum absolute atomic E-state index is 0.205. The Morgan fingerprint density at radius 1 is 1.24 bits per heavy atom. The molecule has 2 N–H and O–H groups in total. The van der Waals surface area contributed by atoms with E-state index >= 15 is 0 Å². The smallest absolute Gasteiger partial charge is 0.388 e. The number of nitrogens with zero attached hydrogens (tertiary/aromatic N) is 3. The molecule has 0 spiro atoms. The second-order valence-electron chi connectivity index (χ2n) is 7.69. The van der Waals surface area contributed by atoms with Gasteiger partial charge in [-0.15, -0.1) is 0 Å². The van der Waals surface area contributed by atoms with E-state index in [4.69, 9.17) is 26.8 Å². The summed E-state index contributed by atoms with van der Waals surface area (Å²) < 4.78 is 40.2. The fourth-order valence-corrected chi connectivity index (χ4v) is 4.42. The summed E-state index contributed by atoms with van der Waals surface area (Å²) in [6, 6.07) is 5.81. The van der Waals surface area contributed by atoms with Crippen LogP contribution in [0.4, 0.5) is 14.6 Å². The number of hydrogen-bond acceptors (Lipinski definition) is 7. The Morgan fingerprint density at radius 2 is 2.06 bits per heavy atom. The monoisotopic (exact) mass is 476 g/mol. The largest absolute Gasteiger partial charge is 0.417 e. The van der Waals surface area contributed by atoms with E-state index in [0.29, 0.717) is 48.8 Å². The Hall–Kier alpha value is -3.08. The lowest BCUT2D eigenvalue weighted by Crippen LogP contribution is -2.43. The summed E-state index contributed by atoms with van der Waals surface area (Å²) in [5.74, 6) is -0.0958. The van der Waals surface area contributed by atoms with E-state index in [0.717, 1.165) is 16.5 Å². The number of carbonyl (C=O) groups is 1. The number of nitrogen functional groups attached to an aromatic ring is 1. The van der Waals surface area contributed by atoms with E-state index in [1.165, 1.54) is 12.3 Å². The van der Waals surface area contributed by atoms with Crippen LogP contribution in [0.1, 0.15) is 33.1 Å². The van der Waals surface area contributed by atoms with Crippen LogP contribution in [0, 0.1) is 0 Å². The van der Waals surface area contributed by atoms with Crippen LogP contribution in [0.15, 0.2) is 30.5 Å². The molecule has 0 aliphatic carbocycles. The highest BCUT2D eigenvalue weighted by molar-refractivity contribution is 6.34. The number of carbonyl (C=O) groups excluding carboxylic acids is 1. The van der Waals surface area contributed by atoms with Crippen LogP contribution in [0.2, 0.25) is 5.02 Å². The Morgan fingerprint density at radius 3 is 2.82 bits per heavy atom. The van der Waals surface area contributed by atoms with Gasteiger partial charge in [0, 0.05) is 29.8 Å². The number of aromatic nitrogens is 2. The molecule has 0 radical (unpaired) electrons. The van der Waals surface area contributed by atoms with E-state index in [1.54, 1.807) is 23.1 Å². The van der Waals surface area contributed by atoms with Gasteiger partial charge in [-0.1, -0.05) is 11.6 Å². The summed E-state index contributed by atoms with van der Waals surface area (Å²) in [5, 5.41) is 1.02. The first-order valence-corrected chi connectivity index (χ1v) is 10.6. The number of alkyl halides is 2. The number of nitrogens with two attached hydrogens (primary N) is 1. The molecule has 1 saturated heterocycles. The van der Waals surface area contributed by atoms with Crippen LogP contribution in [0.25, 0.3) is 10.9 Å². The van der Waals surface area contributed by atoms with Gasteiger partial charge in [0.2, 0.25) is 5.88 Å². The third-order valence-corrected chi connectivity index (χ3v) is 6.10. The molecule has 2 aliphatic rings. The van der Waals surface area contributed by atoms with Crippen molar-refractivity contribution in [3.8, 4) is 5.88 Å². The van der Waals surface area contributed by atoms with Crippen LogP contribution in [-0.4, -0.2) is 47.1 Å². The molecular formula is C22H19ClF2N4O4. The molecule has 8 nitrogen and oxygen atoms in total. The number of rotatable bonds is 4. The maximum atomic E-state index is 13.6. The zero-order valence-corrected chi connectivity index (χ0v) is 18.0. The lowest BCUT2D eigenvalue weighted by molar-refractivity contribution is -0.0529. The van der Waals surface area contributed by atoms with Crippen molar-refractivity contribution in [2.75, 3.05) is 25.5 Å². The number of fused-ring (bicyclic) bond motifs is 3. The molecule has 1 aromatic carbocycles. The molecule has 172 valence electrons. The minimum atomic E-state index is -2.97. The highest BCUT2D eigenvalue weighted by Crippen LogP contribution is 2.35. The number of hydrogen-bond donors (Lipinski definition) is 1. The molecule has 2 aromatic heterocycles. The number of halogens is 3. The summed E-state index contributed by atoms with van der Waals surface area (Å²) in [5.41, 5.74) is 9.31. The van der Waals surface area contributed by atoms with Crippen molar-refractivity contribution in [2.24, 2.45) is 0 Å². The molecule has 1 fully saturated rings. The lowest BCUT2D eigenvalue weighted by atomic mass is 10.0. The van der Waals surface area contributed by atoms with E-state index in [1.807, 2.05) is 0 Å². The van der Waals surface area contributed by atoms with Gasteiger partial charge in [-0.2, -0.15) is 8.78 Å². The Kier molecular flexibility index (Phi) is 5.73. The summed E-state index contributed by atoms with van der Waals surface area (Å²) in [6.07, 6.45) is 1.40. The first-order valence-electron chi connectivity index (χ1n) is 10.2. The van der Waals surface area contributed by atoms with E-state index in [9.17, 15) is 13.6 Å². The predicted octanol–water partition coefficient (Wildman–Crippen LogP) is 3.71. The van der Waals surface area contributed by atoms with Gasteiger partial charge in [0.05, 0.1) is 48.6 Å². The summed E-state index contributed by atoms with van der Waals surface area (Å²) in [4.78, 5) is 23.6. The fraction of sp³-hybridized carbons (Fsp3) is 0.318. The minimum Gasteiger partial charge on any atom is -0.417 e. The molecule has 1 amide bonds. The van der Waals surface area contributed by atoms with E-state index in [-0.39, 0.29) is 23.4 Å². The average molecular weight is 477 g/mol. The number of benzene rings is 1. The number of pyridine rings is 2. The van der Waals surface area contributed by atoms with E-state index < -0.39 is 12.7 Å². The van der Waals surface area contributed by atoms with Crippen LogP contribution in [0.3, 0.4) is 0 Å². The molecule has 4 heterocycles. The summed E-state index contributed by atoms with van der Waals surface area (Å²) >= 11 is 6.49. The third kappa shape index (κ3) is 4.05. The number of amides is 1. The maximum Gasteiger partial charge on any atom is 0.388 e. The number of ether oxygens (including phenoxy) is 3. The number of anilines is 1. The van der Waals surface area contributed by atoms with E-state index in [2.05, 4.69) is 14.7 Å². The molecule has 0 bridgehead atoms. The third-order valence-electron chi connectivity index (χ3n) is 5.79. The van der Waals surface area contributed by atoms with Gasteiger partial charge in [0.15, 0.2) is 0 Å². The van der Waals surface area contributed by atoms with Gasteiger partial charge >= 0.3 is 6.61 Å². The molecule has 1 unspecified atom stereocenters. The second-order valence-corrected chi connectivity index (χ2v) is 8.10. The molecule has 2 aliphatic heterocycles. The van der Waals surface area contributed by atoms with Gasteiger partial charge in [-0.05, 0) is 29.3 Å². The van der Waals surface area contributed by atoms with Crippen molar-refractivity contribution >= 4 is 34.2 Å². The van der Waals surface area contributed by atoms with Crippen molar-refractivity contribution in [1.82, 2.24) is 14.9 Å². The molecule has 33 heavy (non-hydrogen) atoms. The molecule has 5 rings (SSSR count). The van der Waals surface area contributed by atoms with Crippen molar-refractivity contribution in [2.45, 2.75) is 25.9 Å². The number of morpholine rings is 1. The van der Waals surface area contributed by atoms with Gasteiger partial charge in [-0.25, -0.2) is 9.97 Å². The maximum absolute atomic E-state index is 13.6. The van der Waals surface area contributed by atoms with Crippen LogP contribution in [0.5, 0.6) is 5.88 Å². The van der Waals surface area contributed by atoms with Crippen molar-refractivity contribution in [1.29, 1.82) is 0 Å². The van der Waals surface area contributed by atoms with Crippen molar-refractivity contribution in [3.63, 3.8) is 0 Å². The zero-order chi connectivity index (χ0) is 23.1. The van der Waals surface area contributed by atoms with Crippen LogP contribution < -0.4 is 10.5 Å². The molecular weight excluding hydrogens is 458 g/mol. The lowest BCUT2D eigenvalue weighted by Gasteiger charge is -2.36. The van der Waals surface area contributed by atoms with Crippen LogP contribution >= 0.6 is 11.6 Å². The quantitative estimate of drug-likeness (QED) is 0.612. The summed E-state index contributed by atoms with van der Waals surface area (Å²) in [7, 11) is 0. The fourth-order valence-electron chi connectivity index (χ4n) is 4.18. The van der Waals surface area contributed by atoms with Crippen LogP contribution in [-0.2, 0) is 22.7 Å². The average Bonchev–Trinajstić information content (AvgIpc) is 3.29. The summed E-state index contributed by atoms with van der Waals surface area (Å²) in [6.45, 7) is -1.30. The molecule has 11 heteroatoms. The first kappa shape index (κ1) is 21.7. The SMILES string of the molecule is Nc1nc2cc(Cl)c(C(=O)N3CCOCC3c3ccc(OC(F)F)nc3)cc2c2c1COC2.